The summed E-state index contributed by atoms with van der Waals surface area (Å²) in [4.78, 5) is 15.0. The van der Waals surface area contributed by atoms with Gasteiger partial charge in [0.1, 0.15) is 16.5 Å². The molecule has 0 amide bonds. The number of aromatic carboxylic acids is 1. The van der Waals surface area contributed by atoms with Gasteiger partial charge in [0.05, 0.1) is 0 Å². The third-order valence-corrected chi connectivity index (χ3v) is 2.62. The molecule has 0 spiro atoms. The van der Waals surface area contributed by atoms with E-state index in [9.17, 15) is 4.79 Å². The Labute approximate surface area is 109 Å². The Hall–Kier alpha value is -2.07. The number of nitrogens with zero attached hydrogens (tertiary/aromatic N) is 1. The van der Waals surface area contributed by atoms with Gasteiger partial charge in [0.15, 0.2) is 0 Å². The molecule has 1 aromatic carbocycles. The van der Waals surface area contributed by atoms with E-state index in [1.54, 1.807) is 0 Å². The van der Waals surface area contributed by atoms with Crippen LogP contribution in [0.1, 0.15) is 15.9 Å². The zero-order valence-corrected chi connectivity index (χ0v) is 10.4. The topological polar surface area (TPSA) is 62.2 Å². The molecule has 0 aliphatic heterocycles. The lowest BCUT2D eigenvalue weighted by molar-refractivity contribution is 0.0697. The number of carboxylic acid groups (broad SMARTS) is 1. The molecule has 0 bridgehead atoms. The quantitative estimate of drug-likeness (QED) is 0.831. The second-order valence-corrected chi connectivity index (χ2v) is 4.21. The van der Waals surface area contributed by atoms with E-state index in [4.69, 9.17) is 16.7 Å². The van der Waals surface area contributed by atoms with Crippen LogP contribution in [0.5, 0.6) is 0 Å². The molecule has 2 N–H and O–H groups in total. The van der Waals surface area contributed by atoms with Crippen molar-refractivity contribution < 1.29 is 9.90 Å². The molecule has 0 fully saturated rings. The summed E-state index contributed by atoms with van der Waals surface area (Å²) in [7, 11) is 0. The third-order valence-electron chi connectivity index (χ3n) is 2.41. The molecule has 2 aromatic rings. The highest BCUT2D eigenvalue weighted by molar-refractivity contribution is 6.29. The molecule has 0 unspecified atom stereocenters. The van der Waals surface area contributed by atoms with Crippen molar-refractivity contribution >= 4 is 29.1 Å². The lowest BCUT2D eigenvalue weighted by Gasteiger charge is -2.09. The number of aryl methyl sites for hydroxylation is 1. The van der Waals surface area contributed by atoms with Gasteiger partial charge in [-0.2, -0.15) is 0 Å². The van der Waals surface area contributed by atoms with E-state index in [0.29, 0.717) is 0 Å². The molecule has 5 heteroatoms. The van der Waals surface area contributed by atoms with Crippen LogP contribution >= 0.6 is 11.6 Å². The van der Waals surface area contributed by atoms with Crippen LogP contribution in [0.25, 0.3) is 0 Å². The molecule has 0 aliphatic carbocycles. The highest BCUT2D eigenvalue weighted by atomic mass is 35.5. The Bertz CT molecular complexity index is 582. The van der Waals surface area contributed by atoms with E-state index in [1.807, 2.05) is 31.2 Å². The van der Waals surface area contributed by atoms with Crippen molar-refractivity contribution in [2.24, 2.45) is 0 Å². The van der Waals surface area contributed by atoms with Crippen LogP contribution in [0.3, 0.4) is 0 Å². The fourth-order valence-corrected chi connectivity index (χ4v) is 1.62. The number of aromatic nitrogens is 1. The van der Waals surface area contributed by atoms with Crippen molar-refractivity contribution in [2.45, 2.75) is 6.92 Å². The summed E-state index contributed by atoms with van der Waals surface area (Å²) in [6.07, 6.45) is 0. The fraction of sp³-hybridized carbons (Fsp3) is 0.0769. The Kier molecular flexibility index (Phi) is 3.48. The van der Waals surface area contributed by atoms with Gasteiger partial charge < -0.3 is 10.4 Å². The van der Waals surface area contributed by atoms with Crippen LogP contribution in [0.15, 0.2) is 36.4 Å². The van der Waals surface area contributed by atoms with Crippen LogP contribution in [-0.2, 0) is 0 Å². The van der Waals surface area contributed by atoms with Gasteiger partial charge in [-0.15, -0.1) is 0 Å². The average molecular weight is 263 g/mol. The van der Waals surface area contributed by atoms with E-state index in [0.717, 1.165) is 11.3 Å². The molecule has 18 heavy (non-hydrogen) atoms. The molecule has 0 saturated carbocycles. The first kappa shape index (κ1) is 12.4. The molecule has 92 valence electrons. The summed E-state index contributed by atoms with van der Waals surface area (Å²) in [6, 6.07) is 10.4. The minimum atomic E-state index is -1.05. The Morgan fingerprint density at radius 3 is 2.50 bits per heavy atom. The number of anilines is 2. The Balaban J connectivity index is 2.35. The maximum absolute atomic E-state index is 11.1. The molecule has 1 heterocycles. The van der Waals surface area contributed by atoms with Gasteiger partial charge in [-0.25, -0.2) is 9.78 Å². The van der Waals surface area contributed by atoms with Gasteiger partial charge in [-0.3, -0.25) is 0 Å². The second kappa shape index (κ2) is 5.06. The lowest BCUT2D eigenvalue weighted by atomic mass is 10.2. The maximum Gasteiger partial charge on any atom is 0.339 e. The van der Waals surface area contributed by atoms with Gasteiger partial charge in [0, 0.05) is 5.69 Å². The minimum absolute atomic E-state index is 0.0833. The second-order valence-electron chi connectivity index (χ2n) is 3.83. The van der Waals surface area contributed by atoms with Gasteiger partial charge in [0.25, 0.3) is 0 Å². The summed E-state index contributed by atoms with van der Waals surface area (Å²) in [6.45, 7) is 1.98. The molecular weight excluding hydrogens is 252 g/mol. The number of rotatable bonds is 3. The first-order chi connectivity index (χ1) is 8.56. The predicted octanol–water partition coefficient (Wildman–Crippen LogP) is 3.49. The third kappa shape index (κ3) is 2.78. The molecule has 0 radical (unpaired) electrons. The fourth-order valence-electron chi connectivity index (χ4n) is 1.48. The summed E-state index contributed by atoms with van der Waals surface area (Å²) >= 11 is 5.77. The van der Waals surface area contributed by atoms with Crippen molar-refractivity contribution in [2.75, 3.05) is 5.32 Å². The number of benzene rings is 1. The van der Waals surface area contributed by atoms with Gasteiger partial charge >= 0.3 is 5.97 Å². The smallest absolute Gasteiger partial charge is 0.339 e. The number of halogens is 1. The zero-order valence-electron chi connectivity index (χ0n) is 9.64. The van der Waals surface area contributed by atoms with Gasteiger partial charge in [-0.1, -0.05) is 29.3 Å². The normalized spacial score (nSPS) is 10.1. The summed E-state index contributed by atoms with van der Waals surface area (Å²) in [5.74, 6) is -0.812. The van der Waals surface area contributed by atoms with E-state index < -0.39 is 5.97 Å². The van der Waals surface area contributed by atoms with Gasteiger partial charge in [0.2, 0.25) is 0 Å². The van der Waals surface area contributed by atoms with E-state index in [2.05, 4.69) is 10.3 Å². The predicted molar refractivity (Wildman–Crippen MR) is 70.7 cm³/mol. The highest BCUT2D eigenvalue weighted by Crippen LogP contribution is 2.21. The van der Waals surface area contributed by atoms with Crippen molar-refractivity contribution in [3.63, 3.8) is 0 Å². The number of carboxylic acids is 1. The van der Waals surface area contributed by atoms with Crippen LogP contribution in [0.2, 0.25) is 5.15 Å². The lowest BCUT2D eigenvalue weighted by Crippen LogP contribution is -2.04. The van der Waals surface area contributed by atoms with Crippen LogP contribution < -0.4 is 5.32 Å². The van der Waals surface area contributed by atoms with Crippen LogP contribution in [-0.4, -0.2) is 16.1 Å². The zero-order chi connectivity index (χ0) is 13.1. The number of carbonyl (C=O) groups is 1. The molecule has 0 aliphatic rings. The molecule has 4 nitrogen and oxygen atoms in total. The standard InChI is InChI=1S/C13H11ClN2O2/c1-8-2-4-9(5-3-8)15-12-10(13(17)18)6-7-11(14)16-12/h2-7H,1H3,(H,15,16)(H,17,18). The number of nitrogens with one attached hydrogen (secondary N) is 1. The molecule has 0 saturated heterocycles. The first-order valence-electron chi connectivity index (χ1n) is 5.30. The molecule has 2 rings (SSSR count). The number of pyridine rings is 1. The van der Waals surface area contributed by atoms with E-state index in [-0.39, 0.29) is 16.5 Å². The SMILES string of the molecule is Cc1ccc(Nc2nc(Cl)ccc2C(=O)O)cc1. The van der Waals surface area contributed by atoms with Crippen molar-refractivity contribution in [3.05, 3.63) is 52.7 Å². The minimum Gasteiger partial charge on any atom is -0.478 e. The van der Waals surface area contributed by atoms with Crippen molar-refractivity contribution in [3.8, 4) is 0 Å². The first-order valence-corrected chi connectivity index (χ1v) is 5.67. The van der Waals surface area contributed by atoms with Gasteiger partial charge in [-0.05, 0) is 31.2 Å². The van der Waals surface area contributed by atoms with Crippen molar-refractivity contribution in [1.82, 2.24) is 4.98 Å². The maximum atomic E-state index is 11.1. The van der Waals surface area contributed by atoms with Crippen LogP contribution in [0, 0.1) is 6.92 Å². The number of hydrogen-bond donors (Lipinski definition) is 2. The van der Waals surface area contributed by atoms with Crippen molar-refractivity contribution in [1.29, 1.82) is 0 Å². The monoisotopic (exact) mass is 262 g/mol. The Morgan fingerprint density at radius 1 is 1.22 bits per heavy atom. The Morgan fingerprint density at radius 2 is 1.89 bits per heavy atom. The van der Waals surface area contributed by atoms with E-state index >= 15 is 0 Å². The molecular formula is C13H11ClN2O2. The average Bonchev–Trinajstić information content (AvgIpc) is 2.32. The summed E-state index contributed by atoms with van der Waals surface area (Å²) < 4.78 is 0. The summed E-state index contributed by atoms with van der Waals surface area (Å²) in [5.41, 5.74) is 1.97. The molecule has 0 atom stereocenters. The van der Waals surface area contributed by atoms with E-state index in [1.165, 1.54) is 12.1 Å². The summed E-state index contributed by atoms with van der Waals surface area (Å²) in [5, 5.41) is 12.2. The largest absolute Gasteiger partial charge is 0.478 e. The highest BCUT2D eigenvalue weighted by Gasteiger charge is 2.12. The van der Waals surface area contributed by atoms with Crippen LogP contribution in [0.4, 0.5) is 11.5 Å². The number of hydrogen-bond acceptors (Lipinski definition) is 3. The molecule has 1 aromatic heterocycles.